The molecular formula is C17H16O3. The van der Waals surface area contributed by atoms with Crippen LogP contribution in [0.15, 0.2) is 48.5 Å². The molecular weight excluding hydrogens is 252 g/mol. The lowest BCUT2D eigenvalue weighted by molar-refractivity contribution is -0.140. The van der Waals surface area contributed by atoms with Crippen LogP contribution in [0.3, 0.4) is 0 Å². The molecule has 0 aliphatic heterocycles. The highest BCUT2D eigenvalue weighted by atomic mass is 16.5. The molecule has 3 rings (SSSR count). The number of carboxylic acids is 1. The number of ether oxygens (including phenoxy) is 1. The maximum atomic E-state index is 11.4. The number of carbonyl (C=O) groups is 1. The Kier molecular flexibility index (Phi) is 2.97. The minimum absolute atomic E-state index is 0.650. The van der Waals surface area contributed by atoms with Crippen molar-refractivity contribution in [2.24, 2.45) is 0 Å². The number of rotatable bonds is 4. The van der Waals surface area contributed by atoms with Gasteiger partial charge in [-0.3, -0.25) is 4.79 Å². The second-order valence-corrected chi connectivity index (χ2v) is 5.20. The van der Waals surface area contributed by atoms with E-state index in [1.54, 1.807) is 7.11 Å². The van der Waals surface area contributed by atoms with Crippen LogP contribution in [0, 0.1) is 0 Å². The van der Waals surface area contributed by atoms with Crippen LogP contribution in [0.4, 0.5) is 0 Å². The van der Waals surface area contributed by atoms with E-state index in [0.717, 1.165) is 35.3 Å². The van der Waals surface area contributed by atoms with Gasteiger partial charge in [-0.1, -0.05) is 36.4 Å². The Labute approximate surface area is 117 Å². The van der Waals surface area contributed by atoms with E-state index >= 15 is 0 Å². The van der Waals surface area contributed by atoms with Crippen LogP contribution in [0.25, 0.3) is 11.1 Å². The second kappa shape index (κ2) is 4.67. The molecule has 0 bridgehead atoms. The van der Waals surface area contributed by atoms with E-state index in [-0.39, 0.29) is 0 Å². The Morgan fingerprint density at radius 1 is 1.10 bits per heavy atom. The smallest absolute Gasteiger partial charge is 0.314 e. The van der Waals surface area contributed by atoms with Crippen molar-refractivity contribution in [3.63, 3.8) is 0 Å². The molecule has 1 saturated carbocycles. The predicted molar refractivity (Wildman–Crippen MR) is 77.0 cm³/mol. The summed E-state index contributed by atoms with van der Waals surface area (Å²) in [5.74, 6) is 0.0958. The number of benzene rings is 2. The molecule has 1 aliphatic rings. The molecule has 0 amide bonds. The van der Waals surface area contributed by atoms with Crippen molar-refractivity contribution in [1.82, 2.24) is 0 Å². The van der Waals surface area contributed by atoms with E-state index in [1.165, 1.54) is 0 Å². The van der Waals surface area contributed by atoms with Crippen LogP contribution in [0.2, 0.25) is 0 Å². The number of hydrogen-bond donors (Lipinski definition) is 1. The van der Waals surface area contributed by atoms with E-state index in [9.17, 15) is 9.90 Å². The molecule has 2 aromatic carbocycles. The Morgan fingerprint density at radius 3 is 2.35 bits per heavy atom. The Hall–Kier alpha value is -2.29. The number of aliphatic carboxylic acids is 1. The van der Waals surface area contributed by atoms with Crippen molar-refractivity contribution in [3.8, 4) is 16.9 Å². The maximum absolute atomic E-state index is 11.4. The van der Waals surface area contributed by atoms with Gasteiger partial charge in [-0.15, -0.1) is 0 Å². The normalized spacial score (nSPS) is 15.7. The standard InChI is InChI=1S/C17H16O3/c1-20-15-7-5-12(6-8-15)13-3-2-4-14(11-13)17(9-10-17)16(18)19/h2-8,11H,9-10H2,1H3,(H,18,19). The molecule has 20 heavy (non-hydrogen) atoms. The Balaban J connectivity index is 1.97. The first-order valence-corrected chi connectivity index (χ1v) is 6.64. The lowest BCUT2D eigenvalue weighted by Crippen LogP contribution is -2.19. The summed E-state index contributed by atoms with van der Waals surface area (Å²) in [5.41, 5.74) is 2.35. The topological polar surface area (TPSA) is 46.5 Å². The van der Waals surface area contributed by atoms with Gasteiger partial charge in [0.1, 0.15) is 5.75 Å². The molecule has 0 heterocycles. The van der Waals surface area contributed by atoms with Crippen molar-refractivity contribution in [1.29, 1.82) is 0 Å². The van der Waals surface area contributed by atoms with Crippen molar-refractivity contribution < 1.29 is 14.6 Å². The first-order chi connectivity index (χ1) is 9.65. The molecule has 3 heteroatoms. The fourth-order valence-electron chi connectivity index (χ4n) is 2.53. The molecule has 0 radical (unpaired) electrons. The fourth-order valence-corrected chi connectivity index (χ4v) is 2.53. The van der Waals surface area contributed by atoms with Crippen molar-refractivity contribution in [2.75, 3.05) is 7.11 Å². The minimum atomic E-state index is -0.718. The van der Waals surface area contributed by atoms with Crippen LogP contribution in [-0.2, 0) is 10.2 Å². The molecule has 1 fully saturated rings. The Morgan fingerprint density at radius 2 is 1.80 bits per heavy atom. The molecule has 3 nitrogen and oxygen atoms in total. The summed E-state index contributed by atoms with van der Waals surface area (Å²) in [4.78, 5) is 11.4. The van der Waals surface area contributed by atoms with Crippen LogP contribution < -0.4 is 4.74 Å². The third kappa shape index (κ3) is 2.05. The van der Waals surface area contributed by atoms with E-state index in [2.05, 4.69) is 0 Å². The van der Waals surface area contributed by atoms with Gasteiger partial charge in [-0.2, -0.15) is 0 Å². The molecule has 1 N–H and O–H groups in total. The van der Waals surface area contributed by atoms with Crippen LogP contribution in [0.1, 0.15) is 18.4 Å². The number of methoxy groups -OCH3 is 1. The number of carboxylic acid groups (broad SMARTS) is 1. The van der Waals surface area contributed by atoms with Gasteiger partial charge in [0.25, 0.3) is 0 Å². The van der Waals surface area contributed by atoms with Crippen molar-refractivity contribution >= 4 is 5.97 Å². The highest BCUT2D eigenvalue weighted by Crippen LogP contribution is 2.49. The zero-order valence-electron chi connectivity index (χ0n) is 11.3. The van der Waals surface area contributed by atoms with Gasteiger partial charge < -0.3 is 9.84 Å². The average molecular weight is 268 g/mol. The van der Waals surface area contributed by atoms with Crippen LogP contribution in [-0.4, -0.2) is 18.2 Å². The lowest BCUT2D eigenvalue weighted by atomic mass is 9.93. The van der Waals surface area contributed by atoms with E-state index in [1.807, 2.05) is 48.5 Å². The summed E-state index contributed by atoms with van der Waals surface area (Å²) in [6, 6.07) is 15.6. The molecule has 0 spiro atoms. The summed E-state index contributed by atoms with van der Waals surface area (Å²) in [6.45, 7) is 0. The predicted octanol–water partition coefficient (Wildman–Crippen LogP) is 3.48. The highest BCUT2D eigenvalue weighted by molar-refractivity contribution is 5.85. The van der Waals surface area contributed by atoms with Crippen molar-refractivity contribution in [2.45, 2.75) is 18.3 Å². The third-order valence-corrected chi connectivity index (χ3v) is 4.00. The fraction of sp³-hybridized carbons (Fsp3) is 0.235. The first-order valence-electron chi connectivity index (χ1n) is 6.64. The van der Waals surface area contributed by atoms with Crippen molar-refractivity contribution in [3.05, 3.63) is 54.1 Å². The van der Waals surface area contributed by atoms with Gasteiger partial charge in [0.2, 0.25) is 0 Å². The second-order valence-electron chi connectivity index (χ2n) is 5.20. The summed E-state index contributed by atoms with van der Waals surface area (Å²) in [6.07, 6.45) is 1.46. The summed E-state index contributed by atoms with van der Waals surface area (Å²) < 4.78 is 5.15. The van der Waals surface area contributed by atoms with E-state index < -0.39 is 11.4 Å². The molecule has 2 aromatic rings. The largest absolute Gasteiger partial charge is 0.497 e. The summed E-state index contributed by atoms with van der Waals surface area (Å²) in [5, 5.41) is 9.37. The minimum Gasteiger partial charge on any atom is -0.497 e. The van der Waals surface area contributed by atoms with E-state index in [0.29, 0.717) is 0 Å². The molecule has 0 atom stereocenters. The van der Waals surface area contributed by atoms with Gasteiger partial charge in [0, 0.05) is 0 Å². The van der Waals surface area contributed by atoms with Gasteiger partial charge in [-0.05, 0) is 41.7 Å². The zero-order chi connectivity index (χ0) is 14.2. The quantitative estimate of drug-likeness (QED) is 0.923. The third-order valence-electron chi connectivity index (χ3n) is 4.00. The van der Waals surface area contributed by atoms with E-state index in [4.69, 9.17) is 4.74 Å². The lowest BCUT2D eigenvalue weighted by Gasteiger charge is -2.12. The van der Waals surface area contributed by atoms with Gasteiger partial charge >= 0.3 is 5.97 Å². The molecule has 0 saturated heterocycles. The molecule has 0 unspecified atom stereocenters. The Bertz CT molecular complexity index is 640. The number of hydrogen-bond acceptors (Lipinski definition) is 2. The molecule has 0 aromatic heterocycles. The highest BCUT2D eigenvalue weighted by Gasteiger charge is 2.51. The SMILES string of the molecule is COc1ccc(-c2cccc(C3(C(=O)O)CC3)c2)cc1. The molecule has 1 aliphatic carbocycles. The van der Waals surface area contributed by atoms with Gasteiger partial charge in [-0.25, -0.2) is 0 Å². The monoisotopic (exact) mass is 268 g/mol. The zero-order valence-corrected chi connectivity index (χ0v) is 11.3. The molecule has 102 valence electrons. The first kappa shape index (κ1) is 12.7. The average Bonchev–Trinajstić information content (AvgIpc) is 3.29. The maximum Gasteiger partial charge on any atom is 0.314 e. The van der Waals surface area contributed by atoms with Gasteiger partial charge in [0.15, 0.2) is 0 Å². The summed E-state index contributed by atoms with van der Waals surface area (Å²) >= 11 is 0. The van der Waals surface area contributed by atoms with Crippen LogP contribution in [0.5, 0.6) is 5.75 Å². The van der Waals surface area contributed by atoms with Gasteiger partial charge in [0.05, 0.1) is 12.5 Å². The summed E-state index contributed by atoms with van der Waals surface area (Å²) in [7, 11) is 1.64. The van der Waals surface area contributed by atoms with Crippen LogP contribution >= 0.6 is 0 Å².